The first-order valence-corrected chi connectivity index (χ1v) is 22.7. The number of hydrogen-bond donors (Lipinski definition) is 2. The fourth-order valence-electron chi connectivity index (χ4n) is 12.0. The van der Waals surface area contributed by atoms with Crippen molar-refractivity contribution in [2.75, 3.05) is 69.4 Å². The van der Waals surface area contributed by atoms with Crippen molar-refractivity contribution in [2.45, 2.75) is 81.0 Å². The van der Waals surface area contributed by atoms with E-state index in [2.05, 4.69) is 50.3 Å². The van der Waals surface area contributed by atoms with Crippen molar-refractivity contribution in [2.24, 2.45) is 5.92 Å². The SMILES string of the molecule is COc1cc(N2CCC3(CC2)C[C@H](CN2CCN4c5cc6c(cc5OC[C@@H]4C2)C(=O)N([C@H]2CCC(=O)NC2=O)C6)CO3)c(F)cc1[C@@H]1c2ccc(O)cc2CC[C@@H]1c1ccccc1. The summed E-state index contributed by atoms with van der Waals surface area (Å²) < 4.78 is 35.6. The van der Waals surface area contributed by atoms with Gasteiger partial charge < -0.3 is 34.0 Å². The van der Waals surface area contributed by atoms with Crippen LogP contribution in [0.1, 0.15) is 88.5 Å². The van der Waals surface area contributed by atoms with Crippen LogP contribution < -0.4 is 24.6 Å². The number of fused-ring (bicyclic) bond motifs is 5. The molecule has 7 aliphatic rings. The lowest BCUT2D eigenvalue weighted by molar-refractivity contribution is -0.136. The maximum absolute atomic E-state index is 16.5. The molecule has 0 unspecified atom stereocenters. The van der Waals surface area contributed by atoms with Gasteiger partial charge in [0.05, 0.1) is 36.7 Å². The van der Waals surface area contributed by atoms with Crippen molar-refractivity contribution >= 4 is 29.1 Å². The first-order valence-electron chi connectivity index (χ1n) is 22.7. The number of aryl methyl sites for hydroxylation is 1. The van der Waals surface area contributed by atoms with Crippen LogP contribution in [0.15, 0.2) is 72.8 Å². The van der Waals surface area contributed by atoms with Gasteiger partial charge in [-0.3, -0.25) is 24.6 Å². The maximum Gasteiger partial charge on any atom is 0.255 e. The molecule has 0 saturated carbocycles. The third kappa shape index (κ3) is 7.17. The highest BCUT2D eigenvalue weighted by Crippen LogP contribution is 2.51. The van der Waals surface area contributed by atoms with Crippen molar-refractivity contribution in [3.05, 3.63) is 112 Å². The molecule has 12 nitrogen and oxygen atoms in total. The number of rotatable bonds is 7. The van der Waals surface area contributed by atoms with Crippen LogP contribution in [0.25, 0.3) is 0 Å². The quantitative estimate of drug-likeness (QED) is 0.210. The Morgan fingerprint density at radius 3 is 2.52 bits per heavy atom. The van der Waals surface area contributed by atoms with Gasteiger partial charge in [0.15, 0.2) is 0 Å². The number of carbonyl (C=O) groups excluding carboxylic acids is 3. The minimum atomic E-state index is -0.647. The number of nitrogens with one attached hydrogen (secondary N) is 1. The number of carbonyl (C=O) groups is 3. The summed E-state index contributed by atoms with van der Waals surface area (Å²) in [5.74, 6) is 0.909. The number of benzene rings is 4. The minimum Gasteiger partial charge on any atom is -0.508 e. The topological polar surface area (TPSA) is 124 Å². The largest absolute Gasteiger partial charge is 0.508 e. The Balaban J connectivity index is 0.727. The number of phenolic OH excluding ortho intramolecular Hbond substituents is 1. The standard InChI is InChI=1S/C50H54FN5O7/c1-61-44-23-42(40(51)21-39(44)47-36(31-5-3-2-4-6-31)9-7-32-19-35(57)8-10-37(32)47)54-15-13-50(14-16-54)24-30(28-63-50)25-53-17-18-55-34(27-53)29-62-45-22-38-33(20-43(45)55)26-56(49(38)60)41-11-12-46(58)52-48(41)59/h2-6,8,10,19-23,30,34,36,41,47,57H,7,9,11-18,24-29H2,1H3,(H,52,58,59)/t30-,34+,36-,41+,47+/m1/s1. The van der Waals surface area contributed by atoms with Gasteiger partial charge in [-0.25, -0.2) is 4.39 Å². The van der Waals surface area contributed by atoms with E-state index < -0.39 is 11.9 Å². The third-order valence-corrected chi connectivity index (χ3v) is 15.2. The van der Waals surface area contributed by atoms with E-state index in [1.165, 1.54) is 5.56 Å². The van der Waals surface area contributed by atoms with Crippen LogP contribution in [0.2, 0.25) is 0 Å². The maximum atomic E-state index is 16.5. The number of amides is 3. The number of halogens is 1. The molecule has 1 spiro atoms. The van der Waals surface area contributed by atoms with Crippen LogP contribution in [-0.2, 0) is 27.3 Å². The molecule has 0 radical (unpaired) electrons. The van der Waals surface area contributed by atoms with E-state index in [9.17, 15) is 19.5 Å². The molecule has 11 rings (SSSR count). The zero-order chi connectivity index (χ0) is 43.0. The Hall–Kier alpha value is -5.66. The molecular weight excluding hydrogens is 802 g/mol. The van der Waals surface area contributed by atoms with E-state index in [0.29, 0.717) is 67.9 Å². The second kappa shape index (κ2) is 15.8. The average molecular weight is 856 g/mol. The van der Waals surface area contributed by atoms with Gasteiger partial charge in [0.25, 0.3) is 5.91 Å². The Morgan fingerprint density at radius 1 is 0.873 bits per heavy atom. The van der Waals surface area contributed by atoms with Crippen molar-refractivity contribution in [1.82, 2.24) is 15.1 Å². The van der Waals surface area contributed by atoms with Crippen molar-refractivity contribution in [3.63, 3.8) is 0 Å². The van der Waals surface area contributed by atoms with Crippen LogP contribution in [-0.4, -0.2) is 110 Å². The summed E-state index contributed by atoms with van der Waals surface area (Å²) in [4.78, 5) is 46.5. The highest BCUT2D eigenvalue weighted by Gasteiger charge is 2.46. The van der Waals surface area contributed by atoms with Gasteiger partial charge in [0, 0.05) is 75.3 Å². The predicted octanol–water partition coefficient (Wildman–Crippen LogP) is 6.12. The summed E-state index contributed by atoms with van der Waals surface area (Å²) >= 11 is 0. The molecule has 328 valence electrons. The van der Waals surface area contributed by atoms with Gasteiger partial charge >= 0.3 is 0 Å². The molecule has 63 heavy (non-hydrogen) atoms. The molecule has 0 aromatic heterocycles. The number of piperidine rings is 2. The van der Waals surface area contributed by atoms with E-state index in [1.54, 1.807) is 24.1 Å². The molecule has 5 atom stereocenters. The number of methoxy groups -OCH3 is 1. The van der Waals surface area contributed by atoms with Gasteiger partial charge in [-0.15, -0.1) is 0 Å². The van der Waals surface area contributed by atoms with Gasteiger partial charge in [0.1, 0.15) is 35.7 Å². The fraction of sp³-hybridized carbons (Fsp3) is 0.460. The molecule has 6 aliphatic heterocycles. The molecule has 2 N–H and O–H groups in total. The zero-order valence-electron chi connectivity index (χ0n) is 35.7. The smallest absolute Gasteiger partial charge is 0.255 e. The van der Waals surface area contributed by atoms with Crippen LogP contribution in [0.3, 0.4) is 0 Å². The second-order valence-corrected chi connectivity index (χ2v) is 18.8. The molecule has 4 aromatic carbocycles. The number of hydrogen-bond acceptors (Lipinski definition) is 10. The summed E-state index contributed by atoms with van der Waals surface area (Å²) in [6.07, 6.45) is 4.93. The number of imide groups is 1. The number of nitrogens with zero attached hydrogens (tertiary/aromatic N) is 4. The number of aromatic hydroxyl groups is 1. The van der Waals surface area contributed by atoms with E-state index in [-0.39, 0.29) is 53.3 Å². The van der Waals surface area contributed by atoms with E-state index in [4.69, 9.17) is 14.2 Å². The van der Waals surface area contributed by atoms with Crippen LogP contribution in [0, 0.1) is 11.7 Å². The molecule has 6 heterocycles. The van der Waals surface area contributed by atoms with Gasteiger partial charge in [-0.1, -0.05) is 36.4 Å². The number of ether oxygens (including phenoxy) is 3. The van der Waals surface area contributed by atoms with E-state index in [1.807, 2.05) is 30.3 Å². The Bertz CT molecular complexity index is 2470. The minimum absolute atomic E-state index is 0.124. The van der Waals surface area contributed by atoms with E-state index in [0.717, 1.165) is 86.2 Å². The number of piperazine rings is 1. The van der Waals surface area contributed by atoms with Crippen molar-refractivity contribution in [1.29, 1.82) is 0 Å². The molecule has 1 aliphatic carbocycles. The van der Waals surface area contributed by atoms with Gasteiger partial charge in [-0.05, 0) is 103 Å². The van der Waals surface area contributed by atoms with Crippen molar-refractivity contribution < 1.29 is 38.1 Å². The summed E-state index contributed by atoms with van der Waals surface area (Å²) in [6, 6.07) is 23.1. The highest BCUT2D eigenvalue weighted by atomic mass is 19.1. The number of anilines is 2. The van der Waals surface area contributed by atoms with E-state index >= 15 is 4.39 Å². The van der Waals surface area contributed by atoms with Crippen LogP contribution >= 0.6 is 0 Å². The summed E-state index contributed by atoms with van der Waals surface area (Å²) in [5.41, 5.74) is 7.05. The highest BCUT2D eigenvalue weighted by molar-refractivity contribution is 6.06. The molecule has 3 amide bonds. The van der Waals surface area contributed by atoms with Gasteiger partial charge in [-0.2, -0.15) is 0 Å². The Kier molecular flexibility index (Phi) is 10.1. The monoisotopic (exact) mass is 855 g/mol. The van der Waals surface area contributed by atoms with Crippen molar-refractivity contribution in [3.8, 4) is 17.2 Å². The lowest BCUT2D eigenvalue weighted by atomic mass is 9.69. The lowest BCUT2D eigenvalue weighted by Crippen LogP contribution is -2.58. The Morgan fingerprint density at radius 2 is 1.71 bits per heavy atom. The Labute approximate surface area is 366 Å². The summed E-state index contributed by atoms with van der Waals surface area (Å²) in [5, 5.41) is 12.7. The van der Waals surface area contributed by atoms with Gasteiger partial charge in [0.2, 0.25) is 11.8 Å². The molecule has 0 bridgehead atoms. The fourth-order valence-corrected chi connectivity index (χ4v) is 12.0. The average Bonchev–Trinajstić information content (AvgIpc) is 3.83. The molecule has 4 fully saturated rings. The van der Waals surface area contributed by atoms with Crippen LogP contribution in [0.5, 0.6) is 17.2 Å². The molecule has 4 aromatic rings. The normalized spacial score (nSPS) is 26.5. The third-order valence-electron chi connectivity index (χ3n) is 15.2. The molecular formula is C50H54FN5O7. The zero-order valence-corrected chi connectivity index (χ0v) is 35.7. The van der Waals surface area contributed by atoms with Crippen LogP contribution in [0.4, 0.5) is 15.8 Å². The summed E-state index contributed by atoms with van der Waals surface area (Å²) in [7, 11) is 1.67. The lowest BCUT2D eigenvalue weighted by Gasteiger charge is -2.46. The first-order chi connectivity index (χ1) is 30.6. The first kappa shape index (κ1) is 40.1. The second-order valence-electron chi connectivity index (χ2n) is 18.8. The number of phenols is 1. The molecule has 4 saturated heterocycles. The summed E-state index contributed by atoms with van der Waals surface area (Å²) in [6.45, 7) is 6.55. The molecule has 13 heteroatoms. The predicted molar refractivity (Wildman–Crippen MR) is 234 cm³/mol.